The number of halogens is 1. The summed E-state index contributed by atoms with van der Waals surface area (Å²) in [6.45, 7) is 5.60. The Hall–Kier alpha value is -3.32. The van der Waals surface area contributed by atoms with E-state index in [1.165, 1.54) is 12.1 Å². The van der Waals surface area contributed by atoms with Crippen LogP contribution in [0.4, 0.5) is 4.39 Å². The first kappa shape index (κ1) is 21.9. The first-order valence-electron chi connectivity index (χ1n) is 10.7. The Morgan fingerprint density at radius 2 is 1.91 bits per heavy atom. The average molecular weight is 435 g/mol. The van der Waals surface area contributed by atoms with Crippen molar-refractivity contribution < 1.29 is 18.7 Å². The highest BCUT2D eigenvalue weighted by molar-refractivity contribution is 6.05. The zero-order valence-electron chi connectivity index (χ0n) is 18.2. The minimum Gasteiger partial charge on any atom is -0.452 e. The molecule has 0 saturated heterocycles. The van der Waals surface area contributed by atoms with E-state index in [0.717, 1.165) is 40.7 Å². The summed E-state index contributed by atoms with van der Waals surface area (Å²) in [5.41, 5.74) is 3.78. The van der Waals surface area contributed by atoms with Crippen LogP contribution in [0, 0.1) is 5.82 Å². The van der Waals surface area contributed by atoms with Gasteiger partial charge in [0, 0.05) is 48.7 Å². The molecule has 0 radical (unpaired) electrons. The molecule has 0 aliphatic carbocycles. The lowest BCUT2D eigenvalue weighted by Gasteiger charge is -2.32. The fraction of sp³-hybridized carbons (Fsp3) is 0.320. The lowest BCUT2D eigenvalue weighted by Crippen LogP contribution is -2.37. The first-order valence-corrected chi connectivity index (χ1v) is 10.7. The quantitative estimate of drug-likeness (QED) is 0.599. The van der Waals surface area contributed by atoms with Crippen LogP contribution in [0.2, 0.25) is 0 Å². The van der Waals surface area contributed by atoms with Crippen LogP contribution in [0.15, 0.2) is 48.5 Å². The molecule has 32 heavy (non-hydrogen) atoms. The van der Waals surface area contributed by atoms with Gasteiger partial charge in [-0.25, -0.2) is 9.18 Å². The molecular weight excluding hydrogens is 409 g/mol. The second-order valence-electron chi connectivity index (χ2n) is 8.22. The number of carbonyl (C=O) groups excluding carboxylic acids is 2. The van der Waals surface area contributed by atoms with Crippen molar-refractivity contribution in [2.45, 2.75) is 39.4 Å². The minimum atomic E-state index is -0.526. The van der Waals surface area contributed by atoms with Crippen LogP contribution >= 0.6 is 0 Å². The summed E-state index contributed by atoms with van der Waals surface area (Å²) in [7, 11) is 0. The predicted molar refractivity (Wildman–Crippen MR) is 120 cm³/mol. The highest BCUT2D eigenvalue weighted by Gasteiger charge is 2.27. The number of ether oxygens (including phenoxy) is 1. The Kier molecular flexibility index (Phi) is 6.46. The van der Waals surface area contributed by atoms with Crippen molar-refractivity contribution in [1.82, 2.24) is 15.2 Å². The zero-order valence-corrected chi connectivity index (χ0v) is 18.2. The number of esters is 1. The predicted octanol–water partition coefficient (Wildman–Crippen LogP) is 3.61. The second-order valence-corrected chi connectivity index (χ2v) is 8.22. The highest BCUT2D eigenvalue weighted by atomic mass is 19.1. The van der Waals surface area contributed by atoms with Crippen molar-refractivity contribution in [2.24, 2.45) is 0 Å². The van der Waals surface area contributed by atoms with Crippen LogP contribution in [0.5, 0.6) is 0 Å². The Morgan fingerprint density at radius 3 is 2.66 bits per heavy atom. The molecule has 1 aliphatic rings. The number of nitrogens with zero attached hydrogens (tertiary/aromatic N) is 2. The van der Waals surface area contributed by atoms with Gasteiger partial charge in [0.25, 0.3) is 5.91 Å². The van der Waals surface area contributed by atoms with Crippen molar-refractivity contribution in [2.75, 3.05) is 13.2 Å². The zero-order chi connectivity index (χ0) is 22.7. The summed E-state index contributed by atoms with van der Waals surface area (Å²) in [4.78, 5) is 32.4. The van der Waals surface area contributed by atoms with E-state index < -0.39 is 11.9 Å². The van der Waals surface area contributed by atoms with Gasteiger partial charge in [0.15, 0.2) is 6.61 Å². The smallest absolute Gasteiger partial charge is 0.339 e. The highest BCUT2D eigenvalue weighted by Crippen LogP contribution is 2.29. The van der Waals surface area contributed by atoms with E-state index in [0.29, 0.717) is 18.2 Å². The van der Waals surface area contributed by atoms with Gasteiger partial charge in [-0.3, -0.25) is 14.7 Å². The van der Waals surface area contributed by atoms with E-state index in [1.54, 1.807) is 12.1 Å². The molecule has 2 heterocycles. The molecule has 0 atom stereocenters. The van der Waals surface area contributed by atoms with Gasteiger partial charge in [-0.2, -0.15) is 0 Å². The molecule has 0 spiro atoms. The van der Waals surface area contributed by atoms with Crippen molar-refractivity contribution in [3.63, 3.8) is 0 Å². The largest absolute Gasteiger partial charge is 0.452 e. The third-order valence-corrected chi connectivity index (χ3v) is 5.75. The van der Waals surface area contributed by atoms with Crippen molar-refractivity contribution in [1.29, 1.82) is 0 Å². The number of aromatic nitrogens is 1. The lowest BCUT2D eigenvalue weighted by atomic mass is 9.95. The topological polar surface area (TPSA) is 71.5 Å². The number of amides is 1. The SMILES string of the molecule is CC(C)N1CCc2nc3ccccc3c(C(=O)OCC(=O)NCc3ccc(F)cc3)c2C1. The van der Waals surface area contributed by atoms with Crippen LogP contribution in [-0.4, -0.2) is 41.0 Å². The third kappa shape index (κ3) is 4.78. The molecule has 1 amide bonds. The van der Waals surface area contributed by atoms with E-state index in [2.05, 4.69) is 24.1 Å². The Labute approximate surface area is 186 Å². The molecule has 1 N–H and O–H groups in total. The minimum absolute atomic E-state index is 0.230. The number of hydrogen-bond donors (Lipinski definition) is 1. The van der Waals surface area contributed by atoms with Gasteiger partial charge in [0.05, 0.1) is 11.1 Å². The summed E-state index contributed by atoms with van der Waals surface area (Å²) < 4.78 is 18.4. The molecular formula is C25H26FN3O3. The van der Waals surface area contributed by atoms with Crippen LogP contribution in [0.3, 0.4) is 0 Å². The van der Waals surface area contributed by atoms with E-state index in [1.807, 2.05) is 24.3 Å². The van der Waals surface area contributed by atoms with Crippen molar-refractivity contribution in [3.8, 4) is 0 Å². The summed E-state index contributed by atoms with van der Waals surface area (Å²) in [6.07, 6.45) is 0.761. The van der Waals surface area contributed by atoms with Crippen LogP contribution < -0.4 is 5.32 Å². The number of nitrogens with one attached hydrogen (secondary N) is 1. The van der Waals surface area contributed by atoms with E-state index in [4.69, 9.17) is 9.72 Å². The summed E-state index contributed by atoms with van der Waals surface area (Å²) in [5.74, 6) is -1.28. The standard InChI is InChI=1S/C25H26FN3O3/c1-16(2)29-12-11-22-20(14-29)24(19-5-3-4-6-21(19)28-22)25(31)32-15-23(30)27-13-17-7-9-18(26)10-8-17/h3-10,16H,11-15H2,1-2H3,(H,27,30). The Bertz CT molecular complexity index is 1150. The molecule has 1 aromatic heterocycles. The van der Waals surface area contributed by atoms with Gasteiger partial charge in [0.2, 0.25) is 0 Å². The first-order chi connectivity index (χ1) is 15.4. The van der Waals surface area contributed by atoms with E-state index in [9.17, 15) is 14.0 Å². The van der Waals surface area contributed by atoms with Gasteiger partial charge in [-0.15, -0.1) is 0 Å². The molecule has 0 bridgehead atoms. The van der Waals surface area contributed by atoms with Gasteiger partial charge in [-0.05, 0) is 37.6 Å². The number of pyridine rings is 1. The number of hydrogen-bond acceptors (Lipinski definition) is 5. The summed E-state index contributed by atoms with van der Waals surface area (Å²) in [6, 6.07) is 13.7. The average Bonchev–Trinajstić information content (AvgIpc) is 2.80. The number of rotatable bonds is 6. The summed E-state index contributed by atoms with van der Waals surface area (Å²) in [5, 5.41) is 3.42. The molecule has 0 fully saturated rings. The fourth-order valence-electron chi connectivity index (χ4n) is 3.94. The third-order valence-electron chi connectivity index (χ3n) is 5.75. The molecule has 3 aromatic rings. The monoisotopic (exact) mass is 435 g/mol. The fourth-order valence-corrected chi connectivity index (χ4v) is 3.94. The van der Waals surface area contributed by atoms with E-state index >= 15 is 0 Å². The summed E-state index contributed by atoms with van der Waals surface area (Å²) >= 11 is 0. The lowest BCUT2D eigenvalue weighted by molar-refractivity contribution is -0.124. The molecule has 7 heteroatoms. The number of fused-ring (bicyclic) bond motifs is 2. The number of para-hydroxylation sites is 1. The molecule has 0 unspecified atom stereocenters. The van der Waals surface area contributed by atoms with Gasteiger partial charge in [-0.1, -0.05) is 30.3 Å². The number of carbonyl (C=O) groups is 2. The molecule has 2 aromatic carbocycles. The molecule has 6 nitrogen and oxygen atoms in total. The Morgan fingerprint density at radius 1 is 1.16 bits per heavy atom. The maximum atomic E-state index is 13.1. The molecule has 1 aliphatic heterocycles. The molecule has 4 rings (SSSR count). The van der Waals surface area contributed by atoms with Crippen LogP contribution in [0.25, 0.3) is 10.9 Å². The second kappa shape index (κ2) is 9.44. The van der Waals surface area contributed by atoms with Crippen molar-refractivity contribution >= 4 is 22.8 Å². The normalized spacial score (nSPS) is 13.8. The maximum Gasteiger partial charge on any atom is 0.339 e. The van der Waals surface area contributed by atoms with Gasteiger partial charge < -0.3 is 10.1 Å². The maximum absolute atomic E-state index is 13.1. The van der Waals surface area contributed by atoms with E-state index in [-0.39, 0.29) is 19.0 Å². The molecule has 166 valence electrons. The number of benzene rings is 2. The van der Waals surface area contributed by atoms with Crippen molar-refractivity contribution in [3.05, 3.63) is 76.7 Å². The van der Waals surface area contributed by atoms with Crippen LogP contribution in [-0.2, 0) is 29.0 Å². The van der Waals surface area contributed by atoms with Gasteiger partial charge in [0.1, 0.15) is 5.82 Å². The molecule has 0 saturated carbocycles. The van der Waals surface area contributed by atoms with Gasteiger partial charge >= 0.3 is 5.97 Å². The Balaban J connectivity index is 1.50. The van der Waals surface area contributed by atoms with Crippen LogP contribution in [0.1, 0.15) is 41.0 Å².